The van der Waals surface area contributed by atoms with Crippen LogP contribution in [0.25, 0.3) is 0 Å². The summed E-state index contributed by atoms with van der Waals surface area (Å²) in [4.78, 5) is 12.1. The van der Waals surface area contributed by atoms with Crippen molar-refractivity contribution >= 4 is 21.4 Å². The van der Waals surface area contributed by atoms with Crippen LogP contribution in [-0.2, 0) is 21.1 Å². The van der Waals surface area contributed by atoms with E-state index in [9.17, 15) is 13.2 Å². The number of carbonyl (C=O) groups is 1. The maximum Gasteiger partial charge on any atom is 0.239 e. The van der Waals surface area contributed by atoms with Crippen LogP contribution in [0, 0.1) is 0 Å². The molecule has 2 N–H and O–H groups in total. The van der Waals surface area contributed by atoms with Crippen LogP contribution in [0.2, 0.25) is 0 Å². The van der Waals surface area contributed by atoms with E-state index in [-0.39, 0.29) is 17.3 Å². The third-order valence-electron chi connectivity index (χ3n) is 3.61. The molecule has 0 aliphatic carbocycles. The summed E-state index contributed by atoms with van der Waals surface area (Å²) in [5.74, 6) is 0.645. The third-order valence-corrected chi connectivity index (χ3v) is 4.72. The van der Waals surface area contributed by atoms with Crippen molar-refractivity contribution in [1.82, 2.24) is 5.32 Å². The fourth-order valence-electron chi connectivity index (χ4n) is 2.22. The molecule has 1 amide bonds. The number of nitrogens with one attached hydrogen (secondary N) is 2. The minimum absolute atomic E-state index is 0.0792. The first kappa shape index (κ1) is 18.8. The zero-order chi connectivity index (χ0) is 18.3. The van der Waals surface area contributed by atoms with Crippen molar-refractivity contribution in [3.8, 4) is 5.75 Å². The first-order valence-electron chi connectivity index (χ1n) is 7.82. The highest BCUT2D eigenvalue weighted by molar-refractivity contribution is 7.90. The normalized spacial score (nSPS) is 11.0. The predicted molar refractivity (Wildman–Crippen MR) is 97.7 cm³/mol. The molecule has 0 bridgehead atoms. The third kappa shape index (κ3) is 6.11. The van der Waals surface area contributed by atoms with Crippen LogP contribution in [0.5, 0.6) is 5.75 Å². The number of hydrogen-bond acceptors (Lipinski definition) is 5. The van der Waals surface area contributed by atoms with E-state index in [0.29, 0.717) is 12.2 Å². The van der Waals surface area contributed by atoms with Crippen LogP contribution in [0.1, 0.15) is 5.56 Å². The van der Waals surface area contributed by atoms with Crippen molar-refractivity contribution in [2.45, 2.75) is 11.3 Å². The summed E-state index contributed by atoms with van der Waals surface area (Å²) < 4.78 is 28.1. The number of benzene rings is 2. The number of sulfone groups is 1. The minimum atomic E-state index is -3.26. The van der Waals surface area contributed by atoms with Crippen LogP contribution >= 0.6 is 0 Å². The summed E-state index contributed by atoms with van der Waals surface area (Å²) in [6.07, 6.45) is 1.87. The Morgan fingerprint density at radius 2 is 1.84 bits per heavy atom. The molecule has 0 unspecified atom stereocenters. The van der Waals surface area contributed by atoms with Crippen molar-refractivity contribution in [3.05, 3.63) is 54.1 Å². The van der Waals surface area contributed by atoms with Gasteiger partial charge in [-0.1, -0.05) is 18.2 Å². The van der Waals surface area contributed by atoms with Gasteiger partial charge in [0.15, 0.2) is 9.84 Å². The second-order valence-corrected chi connectivity index (χ2v) is 7.62. The van der Waals surface area contributed by atoms with Gasteiger partial charge in [-0.3, -0.25) is 4.79 Å². The summed E-state index contributed by atoms with van der Waals surface area (Å²) in [6, 6.07) is 14.1. The molecule has 0 atom stereocenters. The highest BCUT2D eigenvalue weighted by Crippen LogP contribution is 2.15. The molecule has 0 heterocycles. The fraction of sp³-hybridized carbons (Fsp3) is 0.278. The molecular formula is C18H22N2O4S. The number of ether oxygens (including phenoxy) is 1. The summed E-state index contributed by atoms with van der Waals surface area (Å²) in [5.41, 5.74) is 1.70. The molecule has 0 spiro atoms. The Balaban J connectivity index is 1.77. The van der Waals surface area contributed by atoms with Crippen LogP contribution in [0.15, 0.2) is 53.4 Å². The summed E-state index contributed by atoms with van der Waals surface area (Å²) in [6.45, 7) is 0.603. The number of methoxy groups -OCH3 is 1. The summed E-state index contributed by atoms with van der Waals surface area (Å²) in [5, 5.41) is 5.75. The molecule has 2 rings (SSSR count). The van der Waals surface area contributed by atoms with Gasteiger partial charge in [0.1, 0.15) is 5.75 Å². The molecule has 0 aliphatic heterocycles. The number of hydrogen-bond donors (Lipinski definition) is 2. The van der Waals surface area contributed by atoms with Crippen molar-refractivity contribution in [2.24, 2.45) is 0 Å². The van der Waals surface area contributed by atoms with Gasteiger partial charge in [0.25, 0.3) is 0 Å². The van der Waals surface area contributed by atoms with E-state index in [4.69, 9.17) is 4.74 Å². The highest BCUT2D eigenvalue weighted by atomic mass is 32.2. The largest absolute Gasteiger partial charge is 0.497 e. The fourth-order valence-corrected chi connectivity index (χ4v) is 2.89. The maximum atomic E-state index is 11.9. The van der Waals surface area contributed by atoms with Gasteiger partial charge in [-0.15, -0.1) is 0 Å². The molecular weight excluding hydrogens is 340 g/mol. The number of rotatable bonds is 8. The average molecular weight is 362 g/mol. The van der Waals surface area contributed by atoms with Gasteiger partial charge in [0.05, 0.1) is 18.6 Å². The monoisotopic (exact) mass is 362 g/mol. The second-order valence-electron chi connectivity index (χ2n) is 5.60. The first-order valence-corrected chi connectivity index (χ1v) is 9.71. The van der Waals surface area contributed by atoms with Gasteiger partial charge in [0, 0.05) is 18.5 Å². The summed E-state index contributed by atoms with van der Waals surface area (Å²) in [7, 11) is -1.64. The molecule has 0 radical (unpaired) electrons. The van der Waals surface area contributed by atoms with E-state index < -0.39 is 9.84 Å². The van der Waals surface area contributed by atoms with Gasteiger partial charge in [-0.2, -0.15) is 0 Å². The van der Waals surface area contributed by atoms with Crippen molar-refractivity contribution < 1.29 is 17.9 Å². The standard InChI is InChI=1S/C18H22N2O4S/c1-24-16-8-6-14(7-9-16)10-11-19-18(21)13-20-15-4-3-5-17(12-15)25(2,22)23/h3-9,12,20H,10-11,13H2,1-2H3,(H,19,21). The van der Waals surface area contributed by atoms with E-state index in [0.717, 1.165) is 24.0 Å². The van der Waals surface area contributed by atoms with Crippen molar-refractivity contribution in [3.63, 3.8) is 0 Å². The Hall–Kier alpha value is -2.54. The predicted octanol–water partition coefficient (Wildman–Crippen LogP) is 1.87. The van der Waals surface area contributed by atoms with E-state index in [1.807, 2.05) is 24.3 Å². The smallest absolute Gasteiger partial charge is 0.239 e. The topological polar surface area (TPSA) is 84.5 Å². The zero-order valence-corrected chi connectivity index (χ0v) is 15.1. The van der Waals surface area contributed by atoms with E-state index in [1.165, 1.54) is 12.1 Å². The minimum Gasteiger partial charge on any atom is -0.497 e. The lowest BCUT2D eigenvalue weighted by molar-refractivity contribution is -0.119. The van der Waals surface area contributed by atoms with Crippen LogP contribution in [0.4, 0.5) is 5.69 Å². The highest BCUT2D eigenvalue weighted by Gasteiger charge is 2.08. The Bertz CT molecular complexity index is 817. The van der Waals surface area contributed by atoms with Crippen molar-refractivity contribution in [2.75, 3.05) is 31.8 Å². The molecule has 0 aliphatic rings. The van der Waals surface area contributed by atoms with Gasteiger partial charge in [-0.25, -0.2) is 8.42 Å². The van der Waals surface area contributed by atoms with Gasteiger partial charge in [0.2, 0.25) is 5.91 Å². The molecule has 0 fully saturated rings. The Morgan fingerprint density at radius 1 is 1.12 bits per heavy atom. The SMILES string of the molecule is COc1ccc(CCNC(=O)CNc2cccc(S(C)(=O)=O)c2)cc1. The molecule has 2 aromatic carbocycles. The second kappa shape index (κ2) is 8.53. The molecule has 134 valence electrons. The quantitative estimate of drug-likeness (QED) is 0.749. The molecule has 2 aromatic rings. The van der Waals surface area contributed by atoms with Crippen LogP contribution < -0.4 is 15.4 Å². The molecule has 7 heteroatoms. The Kier molecular flexibility index (Phi) is 6.41. The molecule has 25 heavy (non-hydrogen) atoms. The van der Waals surface area contributed by atoms with Crippen molar-refractivity contribution in [1.29, 1.82) is 0 Å². The first-order chi connectivity index (χ1) is 11.9. The summed E-state index contributed by atoms with van der Waals surface area (Å²) >= 11 is 0. The van der Waals surface area contributed by atoms with Gasteiger partial charge in [-0.05, 0) is 42.3 Å². The molecule has 0 saturated heterocycles. The zero-order valence-electron chi connectivity index (χ0n) is 14.3. The molecule has 0 aromatic heterocycles. The lowest BCUT2D eigenvalue weighted by Crippen LogP contribution is -2.31. The van der Waals surface area contributed by atoms with E-state index in [1.54, 1.807) is 19.2 Å². The number of amides is 1. The van der Waals surface area contributed by atoms with Crippen LogP contribution in [0.3, 0.4) is 0 Å². The molecule has 0 saturated carbocycles. The number of anilines is 1. The van der Waals surface area contributed by atoms with E-state index >= 15 is 0 Å². The Morgan fingerprint density at radius 3 is 2.48 bits per heavy atom. The average Bonchev–Trinajstić information content (AvgIpc) is 2.60. The van der Waals surface area contributed by atoms with E-state index in [2.05, 4.69) is 10.6 Å². The van der Waals surface area contributed by atoms with Gasteiger partial charge >= 0.3 is 0 Å². The maximum absolute atomic E-state index is 11.9. The Labute approximate surface area is 148 Å². The lowest BCUT2D eigenvalue weighted by Gasteiger charge is -2.09. The number of carbonyl (C=O) groups excluding carboxylic acids is 1. The molecule has 6 nitrogen and oxygen atoms in total. The van der Waals surface area contributed by atoms with Crippen LogP contribution in [-0.4, -0.2) is 40.8 Å². The lowest BCUT2D eigenvalue weighted by atomic mass is 10.1. The van der Waals surface area contributed by atoms with Gasteiger partial charge < -0.3 is 15.4 Å².